The average Bonchev–Trinajstić information content (AvgIpc) is 2.46. The first-order valence-corrected chi connectivity index (χ1v) is 6.24. The molecular formula is C15H16N4O. The van der Waals surface area contributed by atoms with E-state index in [0.29, 0.717) is 17.9 Å². The summed E-state index contributed by atoms with van der Waals surface area (Å²) >= 11 is 0. The Bertz CT molecular complexity index is 608. The van der Waals surface area contributed by atoms with Crippen molar-refractivity contribution in [3.8, 4) is 0 Å². The second kappa shape index (κ2) is 6.47. The van der Waals surface area contributed by atoms with E-state index in [9.17, 15) is 4.79 Å². The van der Waals surface area contributed by atoms with E-state index in [2.05, 4.69) is 27.2 Å². The Kier molecular flexibility index (Phi) is 4.44. The second-order valence-electron chi connectivity index (χ2n) is 4.22. The molecule has 0 fully saturated rings. The third-order valence-electron chi connectivity index (χ3n) is 2.66. The summed E-state index contributed by atoms with van der Waals surface area (Å²) in [5.41, 5.74) is 1.55. The van der Waals surface area contributed by atoms with E-state index in [1.807, 2.05) is 18.2 Å². The quantitative estimate of drug-likeness (QED) is 0.622. The monoisotopic (exact) mass is 268 g/mol. The molecule has 0 saturated carbocycles. The summed E-state index contributed by atoms with van der Waals surface area (Å²) < 4.78 is 0. The lowest BCUT2D eigenvalue weighted by Crippen LogP contribution is -2.02. The predicted molar refractivity (Wildman–Crippen MR) is 80.4 cm³/mol. The molecule has 0 aliphatic heterocycles. The smallest absolute Gasteiger partial charge is 0.159 e. The minimum Gasteiger partial charge on any atom is -0.366 e. The Morgan fingerprint density at radius 1 is 1.25 bits per heavy atom. The van der Waals surface area contributed by atoms with Crippen molar-refractivity contribution in [2.45, 2.75) is 6.92 Å². The third-order valence-corrected chi connectivity index (χ3v) is 2.66. The standard InChI is InChI=1S/C15H16N4O/c1-3-8-16-14-9-15(18-10-17-14)19-13-6-4-12(5-7-13)11(2)20/h3-7,9-10H,1,8H2,2H3,(H2,16,17,18,19). The molecule has 20 heavy (non-hydrogen) atoms. The van der Waals surface area contributed by atoms with Gasteiger partial charge in [0.2, 0.25) is 0 Å². The molecule has 2 aromatic rings. The summed E-state index contributed by atoms with van der Waals surface area (Å²) in [5.74, 6) is 1.46. The maximum Gasteiger partial charge on any atom is 0.159 e. The van der Waals surface area contributed by atoms with Gasteiger partial charge in [-0.15, -0.1) is 6.58 Å². The van der Waals surface area contributed by atoms with Crippen LogP contribution in [-0.4, -0.2) is 22.3 Å². The topological polar surface area (TPSA) is 66.9 Å². The molecule has 0 amide bonds. The van der Waals surface area contributed by atoms with Crippen LogP contribution in [0.15, 0.2) is 49.3 Å². The fourth-order valence-corrected chi connectivity index (χ4v) is 1.64. The van der Waals surface area contributed by atoms with E-state index >= 15 is 0 Å². The van der Waals surface area contributed by atoms with E-state index in [0.717, 1.165) is 11.5 Å². The van der Waals surface area contributed by atoms with Gasteiger partial charge in [-0.2, -0.15) is 0 Å². The summed E-state index contributed by atoms with van der Waals surface area (Å²) in [5, 5.41) is 6.25. The van der Waals surface area contributed by atoms with Crippen molar-refractivity contribution in [3.05, 3.63) is 54.9 Å². The summed E-state index contributed by atoms with van der Waals surface area (Å²) in [6.07, 6.45) is 3.24. The summed E-state index contributed by atoms with van der Waals surface area (Å²) in [7, 11) is 0. The van der Waals surface area contributed by atoms with Crippen LogP contribution in [-0.2, 0) is 0 Å². The molecule has 0 spiro atoms. The van der Waals surface area contributed by atoms with Crippen LogP contribution >= 0.6 is 0 Å². The van der Waals surface area contributed by atoms with Crippen LogP contribution in [0.5, 0.6) is 0 Å². The fraction of sp³-hybridized carbons (Fsp3) is 0.133. The van der Waals surface area contributed by atoms with Gasteiger partial charge >= 0.3 is 0 Å². The SMILES string of the molecule is C=CCNc1cc(Nc2ccc(C(C)=O)cc2)ncn1. The lowest BCUT2D eigenvalue weighted by Gasteiger charge is -2.08. The Morgan fingerprint density at radius 3 is 2.60 bits per heavy atom. The van der Waals surface area contributed by atoms with Crippen molar-refractivity contribution in [2.24, 2.45) is 0 Å². The summed E-state index contributed by atoms with van der Waals surface area (Å²) in [6, 6.07) is 9.05. The number of carbonyl (C=O) groups excluding carboxylic acids is 1. The fourth-order valence-electron chi connectivity index (χ4n) is 1.64. The second-order valence-corrected chi connectivity index (χ2v) is 4.22. The third kappa shape index (κ3) is 3.65. The number of benzene rings is 1. The van der Waals surface area contributed by atoms with Gasteiger partial charge in [-0.25, -0.2) is 9.97 Å². The van der Waals surface area contributed by atoms with E-state index in [1.165, 1.54) is 6.33 Å². The zero-order valence-electron chi connectivity index (χ0n) is 11.3. The molecule has 0 radical (unpaired) electrons. The van der Waals surface area contributed by atoms with Crippen molar-refractivity contribution < 1.29 is 4.79 Å². The lowest BCUT2D eigenvalue weighted by atomic mass is 10.1. The molecule has 5 nitrogen and oxygen atoms in total. The first kappa shape index (κ1) is 13.7. The molecule has 1 heterocycles. The van der Waals surface area contributed by atoms with Gasteiger partial charge in [-0.05, 0) is 31.2 Å². The maximum atomic E-state index is 11.2. The van der Waals surface area contributed by atoms with Gasteiger partial charge in [-0.3, -0.25) is 4.79 Å². The highest BCUT2D eigenvalue weighted by Gasteiger charge is 2.01. The van der Waals surface area contributed by atoms with Crippen molar-refractivity contribution in [1.82, 2.24) is 9.97 Å². The van der Waals surface area contributed by atoms with E-state index in [4.69, 9.17) is 0 Å². The molecule has 5 heteroatoms. The van der Waals surface area contributed by atoms with E-state index in [-0.39, 0.29) is 5.78 Å². The Labute approximate surface area is 117 Å². The minimum atomic E-state index is 0.0505. The van der Waals surface area contributed by atoms with Gasteiger partial charge in [0, 0.05) is 23.9 Å². The zero-order chi connectivity index (χ0) is 14.4. The van der Waals surface area contributed by atoms with Crippen LogP contribution < -0.4 is 10.6 Å². The van der Waals surface area contributed by atoms with Crippen molar-refractivity contribution in [1.29, 1.82) is 0 Å². The van der Waals surface area contributed by atoms with Crippen LogP contribution in [0.1, 0.15) is 17.3 Å². The van der Waals surface area contributed by atoms with Gasteiger partial charge in [0.15, 0.2) is 5.78 Å². The molecule has 0 aliphatic carbocycles. The normalized spacial score (nSPS) is 9.85. The number of aromatic nitrogens is 2. The molecule has 2 N–H and O–H groups in total. The molecular weight excluding hydrogens is 252 g/mol. The highest BCUT2D eigenvalue weighted by atomic mass is 16.1. The van der Waals surface area contributed by atoms with Crippen LogP contribution in [0, 0.1) is 0 Å². The first-order chi connectivity index (χ1) is 9.69. The molecule has 0 bridgehead atoms. The molecule has 0 unspecified atom stereocenters. The van der Waals surface area contributed by atoms with Gasteiger partial charge in [0.25, 0.3) is 0 Å². The number of ketones is 1. The molecule has 102 valence electrons. The maximum absolute atomic E-state index is 11.2. The number of nitrogens with zero attached hydrogens (tertiary/aromatic N) is 2. The molecule has 2 rings (SSSR count). The van der Waals surface area contributed by atoms with Crippen LogP contribution in [0.25, 0.3) is 0 Å². The van der Waals surface area contributed by atoms with Gasteiger partial charge in [0.05, 0.1) is 0 Å². The minimum absolute atomic E-state index is 0.0505. The average molecular weight is 268 g/mol. The Hall–Kier alpha value is -2.69. The first-order valence-electron chi connectivity index (χ1n) is 6.24. The van der Waals surface area contributed by atoms with Gasteiger partial charge in [-0.1, -0.05) is 6.08 Å². The van der Waals surface area contributed by atoms with Crippen LogP contribution in [0.2, 0.25) is 0 Å². The predicted octanol–water partition coefficient (Wildman–Crippen LogP) is 3.02. The molecule has 1 aromatic heterocycles. The van der Waals surface area contributed by atoms with E-state index in [1.54, 1.807) is 25.1 Å². The summed E-state index contributed by atoms with van der Waals surface area (Å²) in [6.45, 7) is 5.83. The molecule has 0 aliphatic rings. The molecule has 1 aromatic carbocycles. The zero-order valence-corrected chi connectivity index (χ0v) is 11.3. The van der Waals surface area contributed by atoms with Crippen molar-refractivity contribution >= 4 is 23.1 Å². The Balaban J connectivity index is 2.09. The van der Waals surface area contributed by atoms with Crippen molar-refractivity contribution in [3.63, 3.8) is 0 Å². The number of rotatable bonds is 6. The Morgan fingerprint density at radius 2 is 1.95 bits per heavy atom. The lowest BCUT2D eigenvalue weighted by molar-refractivity contribution is 0.101. The number of Topliss-reactive ketones (excluding diaryl/α,β-unsaturated/α-hetero) is 1. The highest BCUT2D eigenvalue weighted by Crippen LogP contribution is 2.17. The number of anilines is 3. The summed E-state index contributed by atoms with van der Waals surface area (Å²) in [4.78, 5) is 19.4. The van der Waals surface area contributed by atoms with Crippen LogP contribution in [0.3, 0.4) is 0 Å². The molecule has 0 atom stereocenters. The van der Waals surface area contributed by atoms with E-state index < -0.39 is 0 Å². The molecule has 0 saturated heterocycles. The number of carbonyl (C=O) groups is 1. The van der Waals surface area contributed by atoms with Gasteiger partial charge in [0.1, 0.15) is 18.0 Å². The number of hydrogen-bond acceptors (Lipinski definition) is 5. The van der Waals surface area contributed by atoms with Crippen LogP contribution in [0.4, 0.5) is 17.3 Å². The highest BCUT2D eigenvalue weighted by molar-refractivity contribution is 5.94. The van der Waals surface area contributed by atoms with Gasteiger partial charge < -0.3 is 10.6 Å². The largest absolute Gasteiger partial charge is 0.366 e. The van der Waals surface area contributed by atoms with Crippen molar-refractivity contribution in [2.75, 3.05) is 17.2 Å². The number of hydrogen-bond donors (Lipinski definition) is 2. The number of nitrogens with one attached hydrogen (secondary N) is 2.